The Kier molecular flexibility index (Phi) is 4.08. The fourth-order valence-electron chi connectivity index (χ4n) is 3.30. The van der Waals surface area contributed by atoms with Crippen molar-refractivity contribution in [3.8, 4) is 0 Å². The Bertz CT molecular complexity index is 1080. The number of esters is 1. The second-order valence-corrected chi connectivity index (χ2v) is 6.28. The van der Waals surface area contributed by atoms with E-state index in [9.17, 15) is 14.4 Å². The van der Waals surface area contributed by atoms with E-state index >= 15 is 0 Å². The van der Waals surface area contributed by atoms with Gasteiger partial charge in [-0.25, -0.2) is 9.89 Å². The van der Waals surface area contributed by atoms with Crippen molar-refractivity contribution in [2.75, 3.05) is 6.61 Å². The average molecular weight is 348 g/mol. The zero-order valence-corrected chi connectivity index (χ0v) is 14.0. The molecule has 0 spiro atoms. The number of hydrogen-bond donors (Lipinski definition) is 1. The van der Waals surface area contributed by atoms with Crippen LogP contribution in [0.3, 0.4) is 0 Å². The van der Waals surface area contributed by atoms with Gasteiger partial charge in [-0.2, -0.15) is 5.10 Å². The van der Waals surface area contributed by atoms with Crippen molar-refractivity contribution >= 4 is 22.5 Å². The molecule has 0 bridgehead atoms. The van der Waals surface area contributed by atoms with Gasteiger partial charge in [0.05, 0.1) is 5.39 Å². The number of aromatic amines is 1. The van der Waals surface area contributed by atoms with Crippen LogP contribution in [0.5, 0.6) is 0 Å². The fraction of sp³-hybridized carbons (Fsp3) is 0.200. The Morgan fingerprint density at radius 2 is 1.81 bits per heavy atom. The van der Waals surface area contributed by atoms with Gasteiger partial charge in [0.15, 0.2) is 18.1 Å². The van der Waals surface area contributed by atoms with Crippen molar-refractivity contribution in [1.82, 2.24) is 10.2 Å². The Labute approximate surface area is 148 Å². The fourth-order valence-corrected chi connectivity index (χ4v) is 3.30. The number of carbonyl (C=O) groups is 2. The topological polar surface area (TPSA) is 89.1 Å². The molecule has 1 aliphatic carbocycles. The quantitative estimate of drug-likeness (QED) is 0.578. The van der Waals surface area contributed by atoms with Crippen LogP contribution in [-0.4, -0.2) is 28.6 Å². The van der Waals surface area contributed by atoms with Crippen LogP contribution in [0.15, 0.2) is 47.3 Å². The van der Waals surface area contributed by atoms with Crippen LogP contribution >= 0.6 is 0 Å². The first kappa shape index (κ1) is 16.2. The van der Waals surface area contributed by atoms with Crippen LogP contribution in [-0.2, 0) is 17.6 Å². The van der Waals surface area contributed by atoms with Crippen molar-refractivity contribution in [3.63, 3.8) is 0 Å². The Balaban J connectivity index is 1.52. The molecule has 130 valence electrons. The van der Waals surface area contributed by atoms with Crippen molar-refractivity contribution < 1.29 is 14.3 Å². The molecular formula is C20H16N2O4. The predicted octanol–water partition coefficient (Wildman–Crippen LogP) is 2.45. The van der Waals surface area contributed by atoms with Crippen molar-refractivity contribution in [2.24, 2.45) is 0 Å². The lowest BCUT2D eigenvalue weighted by atomic mass is 10.0. The van der Waals surface area contributed by atoms with Gasteiger partial charge >= 0.3 is 5.97 Å². The van der Waals surface area contributed by atoms with Gasteiger partial charge in [0.25, 0.3) is 5.56 Å². The summed E-state index contributed by atoms with van der Waals surface area (Å²) in [6.45, 7) is -0.368. The number of nitrogens with one attached hydrogen (secondary N) is 1. The van der Waals surface area contributed by atoms with E-state index < -0.39 is 5.97 Å². The molecule has 0 aliphatic heterocycles. The summed E-state index contributed by atoms with van der Waals surface area (Å²) in [5.41, 5.74) is 2.61. The molecule has 1 aliphatic rings. The molecule has 1 N–H and O–H groups in total. The summed E-state index contributed by atoms with van der Waals surface area (Å²) in [5, 5.41) is 6.80. The highest BCUT2D eigenvalue weighted by Crippen LogP contribution is 2.23. The summed E-state index contributed by atoms with van der Waals surface area (Å²) in [4.78, 5) is 36.4. The third-order valence-electron chi connectivity index (χ3n) is 4.64. The van der Waals surface area contributed by atoms with Gasteiger partial charge < -0.3 is 4.74 Å². The van der Waals surface area contributed by atoms with E-state index in [1.165, 1.54) is 11.1 Å². The van der Waals surface area contributed by atoms with E-state index in [-0.39, 0.29) is 23.6 Å². The molecular weight excluding hydrogens is 332 g/mol. The summed E-state index contributed by atoms with van der Waals surface area (Å²) < 4.78 is 5.14. The molecule has 6 heteroatoms. The number of aryl methyl sites for hydroxylation is 2. The summed E-state index contributed by atoms with van der Waals surface area (Å²) in [6, 6.07) is 12.2. The first-order valence-electron chi connectivity index (χ1n) is 8.43. The van der Waals surface area contributed by atoms with Crippen LogP contribution in [0.4, 0.5) is 0 Å². The second kappa shape index (κ2) is 6.55. The number of ether oxygens (including phenoxy) is 1. The normalized spacial score (nSPS) is 12.8. The SMILES string of the molecule is O=C(COC(=O)c1n[nH]c(=O)c2ccccc12)c1ccc2c(c1)CCC2. The maximum Gasteiger partial charge on any atom is 0.359 e. The molecule has 1 heterocycles. The summed E-state index contributed by atoms with van der Waals surface area (Å²) in [5.74, 6) is -1.01. The van der Waals surface area contributed by atoms with E-state index in [0.29, 0.717) is 16.3 Å². The lowest BCUT2D eigenvalue weighted by Gasteiger charge is -2.07. The Morgan fingerprint density at radius 3 is 2.65 bits per heavy atom. The molecule has 26 heavy (non-hydrogen) atoms. The number of benzene rings is 2. The highest BCUT2D eigenvalue weighted by atomic mass is 16.5. The maximum absolute atomic E-state index is 12.3. The lowest BCUT2D eigenvalue weighted by molar-refractivity contribution is 0.0470. The molecule has 0 fully saturated rings. The van der Waals surface area contributed by atoms with Gasteiger partial charge in [-0.05, 0) is 42.5 Å². The van der Waals surface area contributed by atoms with E-state index in [1.807, 2.05) is 12.1 Å². The minimum absolute atomic E-state index is 0.0121. The number of fused-ring (bicyclic) bond motifs is 2. The molecule has 4 rings (SSSR count). The molecule has 2 aromatic carbocycles. The number of aromatic nitrogens is 2. The van der Waals surface area contributed by atoms with E-state index in [1.54, 1.807) is 30.3 Å². The molecule has 0 unspecified atom stereocenters. The molecule has 3 aromatic rings. The van der Waals surface area contributed by atoms with Gasteiger partial charge in [0.2, 0.25) is 0 Å². The number of H-pyrrole nitrogens is 1. The Hall–Kier alpha value is -3.28. The zero-order valence-electron chi connectivity index (χ0n) is 14.0. The van der Waals surface area contributed by atoms with Gasteiger partial charge in [-0.1, -0.05) is 30.3 Å². The molecule has 0 saturated carbocycles. The number of ketones is 1. The molecule has 0 atom stereocenters. The molecule has 0 amide bonds. The molecule has 6 nitrogen and oxygen atoms in total. The van der Waals surface area contributed by atoms with E-state index in [2.05, 4.69) is 10.2 Å². The highest BCUT2D eigenvalue weighted by Gasteiger charge is 2.18. The number of rotatable bonds is 4. The first-order chi connectivity index (χ1) is 12.6. The summed E-state index contributed by atoms with van der Waals surface area (Å²) >= 11 is 0. The van der Waals surface area contributed by atoms with Crippen molar-refractivity contribution in [2.45, 2.75) is 19.3 Å². The largest absolute Gasteiger partial charge is 0.452 e. The smallest absolute Gasteiger partial charge is 0.359 e. The summed E-state index contributed by atoms with van der Waals surface area (Å²) in [7, 11) is 0. The number of nitrogens with zero attached hydrogens (tertiary/aromatic N) is 1. The number of hydrogen-bond acceptors (Lipinski definition) is 5. The third-order valence-corrected chi connectivity index (χ3v) is 4.64. The van der Waals surface area contributed by atoms with Gasteiger partial charge in [-0.3, -0.25) is 9.59 Å². The van der Waals surface area contributed by atoms with Gasteiger partial charge in [0, 0.05) is 10.9 Å². The molecule has 0 radical (unpaired) electrons. The van der Waals surface area contributed by atoms with E-state index in [4.69, 9.17) is 4.74 Å². The third kappa shape index (κ3) is 2.90. The first-order valence-corrected chi connectivity index (χ1v) is 8.43. The zero-order chi connectivity index (χ0) is 18.1. The van der Waals surface area contributed by atoms with Crippen LogP contribution in [0.25, 0.3) is 10.8 Å². The Morgan fingerprint density at radius 1 is 1.04 bits per heavy atom. The average Bonchev–Trinajstić information content (AvgIpc) is 3.14. The highest BCUT2D eigenvalue weighted by molar-refractivity contribution is 6.04. The van der Waals surface area contributed by atoms with Crippen LogP contribution < -0.4 is 5.56 Å². The number of carbonyl (C=O) groups excluding carboxylic acids is 2. The maximum atomic E-state index is 12.3. The predicted molar refractivity (Wildman–Crippen MR) is 95.4 cm³/mol. The van der Waals surface area contributed by atoms with Crippen molar-refractivity contribution in [3.05, 3.63) is 75.2 Å². The van der Waals surface area contributed by atoms with Crippen LogP contribution in [0.1, 0.15) is 38.4 Å². The van der Waals surface area contributed by atoms with Gasteiger partial charge in [0.1, 0.15) is 0 Å². The van der Waals surface area contributed by atoms with Crippen LogP contribution in [0.2, 0.25) is 0 Å². The lowest BCUT2D eigenvalue weighted by Crippen LogP contribution is -2.19. The van der Waals surface area contributed by atoms with E-state index in [0.717, 1.165) is 19.3 Å². The summed E-state index contributed by atoms with van der Waals surface area (Å²) in [6.07, 6.45) is 3.13. The monoisotopic (exact) mass is 348 g/mol. The molecule has 0 saturated heterocycles. The van der Waals surface area contributed by atoms with Crippen molar-refractivity contribution in [1.29, 1.82) is 0 Å². The minimum atomic E-state index is -0.744. The van der Waals surface area contributed by atoms with Crippen LogP contribution in [0, 0.1) is 0 Å². The van der Waals surface area contributed by atoms with Gasteiger partial charge in [-0.15, -0.1) is 0 Å². The minimum Gasteiger partial charge on any atom is -0.452 e. The standard InChI is InChI=1S/C20H16N2O4/c23-17(14-9-8-12-4-3-5-13(12)10-14)11-26-20(25)18-15-6-1-2-7-16(15)19(24)22-21-18/h1-2,6-10H,3-5,11H2,(H,22,24). The second-order valence-electron chi connectivity index (χ2n) is 6.28. The number of Topliss-reactive ketones (excluding diaryl/α,β-unsaturated/α-hetero) is 1. The molecule has 1 aromatic heterocycles.